The molecule has 1 fully saturated rings. The summed E-state index contributed by atoms with van der Waals surface area (Å²) in [6.45, 7) is 0.577. The van der Waals surface area contributed by atoms with Crippen LogP contribution in [0, 0.1) is 0 Å². The zero-order valence-electron chi connectivity index (χ0n) is 13.6. The van der Waals surface area contributed by atoms with Crippen molar-refractivity contribution < 1.29 is 14.1 Å². The van der Waals surface area contributed by atoms with Crippen molar-refractivity contribution in [3.63, 3.8) is 0 Å². The number of hydrogen-bond donors (Lipinski definition) is 1. The summed E-state index contributed by atoms with van der Waals surface area (Å²) in [5, 5.41) is 9.56. The third-order valence-electron chi connectivity index (χ3n) is 4.60. The van der Waals surface area contributed by atoms with Gasteiger partial charge in [0.2, 0.25) is 0 Å². The molecule has 0 radical (unpaired) electrons. The zero-order chi connectivity index (χ0) is 17.1. The van der Waals surface area contributed by atoms with Crippen molar-refractivity contribution in [1.82, 2.24) is 4.90 Å². The fraction of sp³-hybridized carbons (Fsp3) is 0.316. The summed E-state index contributed by atoms with van der Waals surface area (Å²) in [6.07, 6.45) is 3.16. The fourth-order valence-corrected chi connectivity index (χ4v) is 3.90. The molecule has 1 saturated heterocycles. The number of nitrogens with zero attached hydrogens (tertiary/aromatic N) is 1. The summed E-state index contributed by atoms with van der Waals surface area (Å²) in [5.74, 6) is -0.764. The predicted molar refractivity (Wildman–Crippen MR) is 94.2 cm³/mol. The molecule has 24 heavy (non-hydrogen) atoms. The van der Waals surface area contributed by atoms with E-state index in [0.717, 1.165) is 22.4 Å². The van der Waals surface area contributed by atoms with Crippen molar-refractivity contribution >= 4 is 16.8 Å². The summed E-state index contributed by atoms with van der Waals surface area (Å²) in [7, 11) is -1.000. The van der Waals surface area contributed by atoms with Crippen LogP contribution in [0.3, 0.4) is 0 Å². The lowest BCUT2D eigenvalue weighted by atomic mass is 10.0. The summed E-state index contributed by atoms with van der Waals surface area (Å²) in [5.41, 5.74) is 2.20. The third kappa shape index (κ3) is 3.57. The van der Waals surface area contributed by atoms with Gasteiger partial charge in [0.15, 0.2) is 0 Å². The standard InChI is InChI=1S/C19H21NO3S/c1-24(23)16-9-7-14(8-10-16)13-20-17(11-12-18(20)19(21)22)15-5-3-2-4-6-15/h2-10,17-18H,11-13H2,1H3,(H,21,22)/t17-,18-,24?/m0/s1. The molecule has 3 rings (SSSR count). The second-order valence-corrected chi connectivity index (χ2v) is 7.51. The monoisotopic (exact) mass is 343 g/mol. The Morgan fingerprint density at radius 3 is 2.38 bits per heavy atom. The molecule has 0 aromatic heterocycles. The molecule has 126 valence electrons. The third-order valence-corrected chi connectivity index (χ3v) is 5.54. The van der Waals surface area contributed by atoms with E-state index in [2.05, 4.69) is 17.0 Å². The van der Waals surface area contributed by atoms with E-state index < -0.39 is 22.8 Å². The van der Waals surface area contributed by atoms with Gasteiger partial charge in [0.05, 0.1) is 0 Å². The predicted octanol–water partition coefficient (Wildman–Crippen LogP) is 3.21. The van der Waals surface area contributed by atoms with E-state index in [4.69, 9.17) is 0 Å². The Bertz CT molecular complexity index is 730. The average molecular weight is 343 g/mol. The molecule has 2 aromatic carbocycles. The molecule has 3 atom stereocenters. The molecule has 0 bridgehead atoms. The minimum atomic E-state index is -1.000. The van der Waals surface area contributed by atoms with Crippen LogP contribution in [0.15, 0.2) is 59.5 Å². The van der Waals surface area contributed by atoms with Gasteiger partial charge in [0.1, 0.15) is 6.04 Å². The van der Waals surface area contributed by atoms with Crippen molar-refractivity contribution in [3.8, 4) is 0 Å². The molecular formula is C19H21NO3S. The number of carboxylic acid groups (broad SMARTS) is 1. The molecule has 1 unspecified atom stereocenters. The second kappa shape index (κ2) is 7.28. The highest BCUT2D eigenvalue weighted by atomic mass is 32.2. The van der Waals surface area contributed by atoms with Crippen LogP contribution in [-0.4, -0.2) is 32.5 Å². The van der Waals surface area contributed by atoms with Crippen LogP contribution < -0.4 is 0 Å². The normalized spacial score (nSPS) is 22.4. The first kappa shape index (κ1) is 16.9. The molecule has 2 aromatic rings. The maximum atomic E-state index is 11.6. The van der Waals surface area contributed by atoms with Crippen molar-refractivity contribution in [1.29, 1.82) is 0 Å². The Labute approximate surface area is 144 Å². The van der Waals surface area contributed by atoms with Crippen LogP contribution in [0.4, 0.5) is 0 Å². The van der Waals surface area contributed by atoms with E-state index >= 15 is 0 Å². The maximum absolute atomic E-state index is 11.6. The smallest absolute Gasteiger partial charge is 0.320 e. The van der Waals surface area contributed by atoms with E-state index in [1.54, 1.807) is 6.26 Å². The van der Waals surface area contributed by atoms with Gasteiger partial charge in [-0.25, -0.2) is 0 Å². The summed E-state index contributed by atoms with van der Waals surface area (Å²) >= 11 is 0. The van der Waals surface area contributed by atoms with Gasteiger partial charge in [-0.1, -0.05) is 42.5 Å². The lowest BCUT2D eigenvalue weighted by Gasteiger charge is -2.28. The number of likely N-dealkylation sites (tertiary alicyclic amines) is 1. The zero-order valence-corrected chi connectivity index (χ0v) is 14.4. The molecule has 0 amide bonds. The fourth-order valence-electron chi connectivity index (χ4n) is 3.38. The number of benzene rings is 2. The molecule has 4 nitrogen and oxygen atoms in total. The quantitative estimate of drug-likeness (QED) is 0.906. The van der Waals surface area contributed by atoms with Gasteiger partial charge in [0.25, 0.3) is 0 Å². The van der Waals surface area contributed by atoms with Crippen LogP contribution in [0.25, 0.3) is 0 Å². The highest BCUT2D eigenvalue weighted by Crippen LogP contribution is 2.37. The molecule has 0 saturated carbocycles. The van der Waals surface area contributed by atoms with Gasteiger partial charge in [0, 0.05) is 34.5 Å². The van der Waals surface area contributed by atoms with Crippen molar-refractivity contribution in [3.05, 3.63) is 65.7 Å². The van der Waals surface area contributed by atoms with Crippen LogP contribution in [0.2, 0.25) is 0 Å². The first-order valence-electron chi connectivity index (χ1n) is 8.02. The number of aliphatic carboxylic acids is 1. The van der Waals surface area contributed by atoms with Gasteiger partial charge in [-0.05, 0) is 36.1 Å². The summed E-state index contributed by atoms with van der Waals surface area (Å²) in [6, 6.07) is 17.3. The largest absolute Gasteiger partial charge is 0.480 e. The van der Waals surface area contributed by atoms with Gasteiger partial charge in [-0.15, -0.1) is 0 Å². The minimum absolute atomic E-state index is 0.118. The molecule has 5 heteroatoms. The van der Waals surface area contributed by atoms with E-state index in [-0.39, 0.29) is 6.04 Å². The maximum Gasteiger partial charge on any atom is 0.320 e. The number of rotatable bonds is 5. The minimum Gasteiger partial charge on any atom is -0.480 e. The Balaban J connectivity index is 1.85. The van der Waals surface area contributed by atoms with E-state index in [1.165, 1.54) is 0 Å². The number of carboxylic acids is 1. The van der Waals surface area contributed by atoms with E-state index in [1.807, 2.05) is 42.5 Å². The molecule has 1 N–H and O–H groups in total. The lowest BCUT2D eigenvalue weighted by molar-refractivity contribution is -0.142. The van der Waals surface area contributed by atoms with Crippen LogP contribution in [0.5, 0.6) is 0 Å². The van der Waals surface area contributed by atoms with Gasteiger partial charge in [-0.3, -0.25) is 13.9 Å². The summed E-state index contributed by atoms with van der Waals surface area (Å²) in [4.78, 5) is 14.5. The Morgan fingerprint density at radius 1 is 1.12 bits per heavy atom. The second-order valence-electron chi connectivity index (χ2n) is 6.13. The lowest BCUT2D eigenvalue weighted by Crippen LogP contribution is -2.36. The molecular weight excluding hydrogens is 322 g/mol. The highest BCUT2D eigenvalue weighted by molar-refractivity contribution is 7.84. The van der Waals surface area contributed by atoms with Crippen molar-refractivity contribution in [2.45, 2.75) is 36.4 Å². The van der Waals surface area contributed by atoms with Gasteiger partial charge < -0.3 is 5.11 Å². The Hall–Kier alpha value is -1.98. The Morgan fingerprint density at radius 2 is 1.79 bits per heavy atom. The average Bonchev–Trinajstić information content (AvgIpc) is 3.00. The van der Waals surface area contributed by atoms with Gasteiger partial charge in [-0.2, -0.15) is 0 Å². The van der Waals surface area contributed by atoms with Crippen LogP contribution >= 0.6 is 0 Å². The molecule has 0 spiro atoms. The molecule has 1 aliphatic heterocycles. The topological polar surface area (TPSA) is 57.6 Å². The first-order chi connectivity index (χ1) is 11.6. The Kier molecular flexibility index (Phi) is 5.11. The number of carbonyl (C=O) groups is 1. The van der Waals surface area contributed by atoms with Crippen LogP contribution in [0.1, 0.15) is 30.0 Å². The van der Waals surface area contributed by atoms with E-state index in [9.17, 15) is 14.1 Å². The first-order valence-corrected chi connectivity index (χ1v) is 9.58. The number of hydrogen-bond acceptors (Lipinski definition) is 3. The molecule has 1 heterocycles. The van der Waals surface area contributed by atoms with Crippen molar-refractivity contribution in [2.75, 3.05) is 6.26 Å². The highest BCUT2D eigenvalue weighted by Gasteiger charge is 2.38. The molecule has 1 aliphatic rings. The van der Waals surface area contributed by atoms with E-state index in [0.29, 0.717) is 13.0 Å². The van der Waals surface area contributed by atoms with Crippen LogP contribution in [-0.2, 0) is 22.1 Å². The molecule has 0 aliphatic carbocycles. The van der Waals surface area contributed by atoms with Gasteiger partial charge >= 0.3 is 5.97 Å². The SMILES string of the molecule is CS(=O)c1ccc(CN2[C@H](C(=O)O)CC[C@H]2c2ccccc2)cc1. The van der Waals surface area contributed by atoms with Crippen molar-refractivity contribution in [2.24, 2.45) is 0 Å². The summed E-state index contributed by atoms with van der Waals surface area (Å²) < 4.78 is 11.5.